The van der Waals surface area contributed by atoms with E-state index in [9.17, 15) is 4.79 Å². The molecule has 0 saturated carbocycles. The van der Waals surface area contributed by atoms with E-state index >= 15 is 0 Å². The van der Waals surface area contributed by atoms with Crippen LogP contribution in [-0.2, 0) is 4.79 Å². The van der Waals surface area contributed by atoms with Crippen LogP contribution in [0.1, 0.15) is 13.3 Å². The van der Waals surface area contributed by atoms with Crippen LogP contribution in [0.3, 0.4) is 0 Å². The van der Waals surface area contributed by atoms with Gasteiger partial charge in [0, 0.05) is 46.1 Å². The average molecular weight is 180 g/mol. The fraction of sp³-hybridized carbons (Fsp3) is 0.700. The summed E-state index contributed by atoms with van der Waals surface area (Å²) < 4.78 is 0. The van der Waals surface area contributed by atoms with Gasteiger partial charge in [-0.2, -0.15) is 0 Å². The van der Waals surface area contributed by atoms with E-state index in [2.05, 4.69) is 10.8 Å². The van der Waals surface area contributed by atoms with Crippen LogP contribution in [0, 0.1) is 12.3 Å². The molecule has 0 aromatic heterocycles. The fourth-order valence-corrected chi connectivity index (χ4v) is 1.51. The summed E-state index contributed by atoms with van der Waals surface area (Å²) in [5.74, 6) is 2.80. The molecule has 0 spiro atoms. The van der Waals surface area contributed by atoms with Gasteiger partial charge in [-0.05, 0) is 0 Å². The van der Waals surface area contributed by atoms with E-state index in [1.807, 2.05) is 4.90 Å². The molecule has 1 amide bonds. The summed E-state index contributed by atoms with van der Waals surface area (Å²) in [6.45, 7) is 6.20. The Bertz CT molecular complexity index is 211. The Hall–Kier alpha value is -1.01. The van der Waals surface area contributed by atoms with Gasteiger partial charge in [-0.1, -0.05) is 0 Å². The number of carbonyl (C=O) groups is 1. The Kier molecular flexibility index (Phi) is 3.78. The third-order valence-electron chi connectivity index (χ3n) is 2.39. The van der Waals surface area contributed by atoms with Gasteiger partial charge < -0.3 is 4.90 Å². The molecule has 1 aliphatic heterocycles. The van der Waals surface area contributed by atoms with Crippen LogP contribution >= 0.6 is 0 Å². The van der Waals surface area contributed by atoms with Gasteiger partial charge in [0.1, 0.15) is 0 Å². The fourth-order valence-electron chi connectivity index (χ4n) is 1.51. The van der Waals surface area contributed by atoms with Crippen molar-refractivity contribution in [1.29, 1.82) is 0 Å². The first-order valence-electron chi connectivity index (χ1n) is 4.65. The zero-order valence-corrected chi connectivity index (χ0v) is 8.12. The van der Waals surface area contributed by atoms with Crippen molar-refractivity contribution in [3.63, 3.8) is 0 Å². The van der Waals surface area contributed by atoms with Crippen molar-refractivity contribution >= 4 is 5.91 Å². The standard InChI is InChI=1S/C10H16N2O/c1-3-4-5-11-6-8-12(9-7-11)10(2)13/h1H,4-9H2,2H3. The average Bonchev–Trinajstić information content (AvgIpc) is 2.15. The molecule has 13 heavy (non-hydrogen) atoms. The van der Waals surface area contributed by atoms with Gasteiger partial charge >= 0.3 is 0 Å². The summed E-state index contributed by atoms with van der Waals surface area (Å²) >= 11 is 0. The summed E-state index contributed by atoms with van der Waals surface area (Å²) in [5, 5.41) is 0. The van der Waals surface area contributed by atoms with E-state index in [-0.39, 0.29) is 5.91 Å². The van der Waals surface area contributed by atoms with Crippen molar-refractivity contribution in [2.24, 2.45) is 0 Å². The lowest BCUT2D eigenvalue weighted by Gasteiger charge is -2.33. The van der Waals surface area contributed by atoms with Gasteiger partial charge in [0.2, 0.25) is 5.91 Å². The monoisotopic (exact) mass is 180 g/mol. The number of carbonyl (C=O) groups excluding carboxylic acids is 1. The second-order valence-electron chi connectivity index (χ2n) is 3.30. The van der Waals surface area contributed by atoms with E-state index in [0.29, 0.717) is 0 Å². The summed E-state index contributed by atoms with van der Waals surface area (Å²) in [4.78, 5) is 15.2. The van der Waals surface area contributed by atoms with Gasteiger partial charge in [-0.15, -0.1) is 12.3 Å². The van der Waals surface area contributed by atoms with Gasteiger partial charge in [-0.25, -0.2) is 0 Å². The molecule has 3 nitrogen and oxygen atoms in total. The van der Waals surface area contributed by atoms with Crippen molar-refractivity contribution in [3.8, 4) is 12.3 Å². The maximum Gasteiger partial charge on any atom is 0.219 e. The van der Waals surface area contributed by atoms with E-state index in [1.165, 1.54) is 0 Å². The van der Waals surface area contributed by atoms with Crippen molar-refractivity contribution in [3.05, 3.63) is 0 Å². The lowest BCUT2D eigenvalue weighted by molar-refractivity contribution is -0.130. The van der Waals surface area contributed by atoms with Gasteiger partial charge in [0.15, 0.2) is 0 Å². The molecule has 0 N–H and O–H groups in total. The molecular formula is C10H16N2O. The predicted molar refractivity (Wildman–Crippen MR) is 52.1 cm³/mol. The highest BCUT2D eigenvalue weighted by atomic mass is 16.2. The van der Waals surface area contributed by atoms with Crippen molar-refractivity contribution in [2.45, 2.75) is 13.3 Å². The molecule has 1 rings (SSSR count). The van der Waals surface area contributed by atoms with Crippen LogP contribution in [0.2, 0.25) is 0 Å². The lowest BCUT2D eigenvalue weighted by Crippen LogP contribution is -2.48. The van der Waals surface area contributed by atoms with Crippen LogP contribution in [0.25, 0.3) is 0 Å². The highest BCUT2D eigenvalue weighted by Gasteiger charge is 2.17. The highest BCUT2D eigenvalue weighted by molar-refractivity contribution is 5.73. The summed E-state index contributed by atoms with van der Waals surface area (Å²) in [7, 11) is 0. The minimum Gasteiger partial charge on any atom is -0.340 e. The minimum absolute atomic E-state index is 0.177. The molecule has 0 radical (unpaired) electrons. The number of nitrogens with zero attached hydrogens (tertiary/aromatic N) is 2. The molecular weight excluding hydrogens is 164 g/mol. The number of hydrogen-bond donors (Lipinski definition) is 0. The smallest absolute Gasteiger partial charge is 0.219 e. The molecule has 0 aromatic carbocycles. The van der Waals surface area contributed by atoms with Crippen LogP contribution in [0.15, 0.2) is 0 Å². The largest absolute Gasteiger partial charge is 0.340 e. The van der Waals surface area contributed by atoms with Crippen LogP contribution < -0.4 is 0 Å². The molecule has 0 aromatic rings. The molecule has 1 heterocycles. The molecule has 1 saturated heterocycles. The maximum absolute atomic E-state index is 11.0. The predicted octanol–water partition coefficient (Wildman–Crippen LogP) is 0.174. The van der Waals surface area contributed by atoms with Gasteiger partial charge in [0.25, 0.3) is 0 Å². The quantitative estimate of drug-likeness (QED) is 0.566. The summed E-state index contributed by atoms with van der Waals surface area (Å²) in [5.41, 5.74) is 0. The molecule has 0 unspecified atom stereocenters. The zero-order chi connectivity index (χ0) is 9.68. The zero-order valence-electron chi connectivity index (χ0n) is 8.12. The first-order chi connectivity index (χ1) is 6.24. The second-order valence-corrected chi connectivity index (χ2v) is 3.30. The lowest BCUT2D eigenvalue weighted by atomic mass is 10.3. The molecule has 0 bridgehead atoms. The second kappa shape index (κ2) is 4.88. The third-order valence-corrected chi connectivity index (χ3v) is 2.39. The highest BCUT2D eigenvalue weighted by Crippen LogP contribution is 2.01. The molecule has 0 aliphatic carbocycles. The number of hydrogen-bond acceptors (Lipinski definition) is 2. The Morgan fingerprint density at radius 3 is 2.46 bits per heavy atom. The first-order valence-corrected chi connectivity index (χ1v) is 4.65. The van der Waals surface area contributed by atoms with Crippen molar-refractivity contribution in [2.75, 3.05) is 32.7 Å². The molecule has 1 fully saturated rings. The Morgan fingerprint density at radius 1 is 1.38 bits per heavy atom. The number of terminal acetylenes is 1. The molecule has 72 valence electrons. The first kappa shape index (κ1) is 10.1. The summed E-state index contributed by atoms with van der Waals surface area (Å²) in [6.07, 6.45) is 5.99. The minimum atomic E-state index is 0.177. The van der Waals surface area contributed by atoms with Crippen molar-refractivity contribution < 1.29 is 4.79 Å². The number of piperazine rings is 1. The molecule has 0 atom stereocenters. The van der Waals surface area contributed by atoms with Crippen molar-refractivity contribution in [1.82, 2.24) is 9.80 Å². The Labute approximate surface area is 79.7 Å². The topological polar surface area (TPSA) is 23.6 Å². The number of rotatable bonds is 2. The van der Waals surface area contributed by atoms with E-state index in [1.54, 1.807) is 6.92 Å². The van der Waals surface area contributed by atoms with Crippen LogP contribution in [0.4, 0.5) is 0 Å². The van der Waals surface area contributed by atoms with E-state index in [0.717, 1.165) is 39.1 Å². The van der Waals surface area contributed by atoms with Gasteiger partial charge in [0.05, 0.1) is 0 Å². The summed E-state index contributed by atoms with van der Waals surface area (Å²) in [6, 6.07) is 0. The van der Waals surface area contributed by atoms with Crippen LogP contribution in [-0.4, -0.2) is 48.4 Å². The molecule has 3 heteroatoms. The van der Waals surface area contributed by atoms with Crippen LogP contribution in [0.5, 0.6) is 0 Å². The van der Waals surface area contributed by atoms with Gasteiger partial charge in [-0.3, -0.25) is 9.69 Å². The SMILES string of the molecule is C#CCCN1CCN(C(C)=O)CC1. The Morgan fingerprint density at radius 2 is 2.00 bits per heavy atom. The molecule has 1 aliphatic rings. The maximum atomic E-state index is 11.0. The number of amides is 1. The third kappa shape index (κ3) is 3.08. The Balaban J connectivity index is 2.23. The normalized spacial score (nSPS) is 18.3. The van der Waals surface area contributed by atoms with E-state index < -0.39 is 0 Å². The van der Waals surface area contributed by atoms with E-state index in [4.69, 9.17) is 6.42 Å².